The highest BCUT2D eigenvalue weighted by atomic mass is 31.2. The predicted octanol–water partition coefficient (Wildman–Crippen LogP) is 8.61. The van der Waals surface area contributed by atoms with Crippen LogP contribution in [-0.2, 0) is 59.4 Å². The van der Waals surface area contributed by atoms with Crippen LogP contribution in [0.3, 0.4) is 0 Å². The number of phosphoric acid groups is 1. The molecule has 0 bridgehead atoms. The Hall–Kier alpha value is -0.750. The maximum Gasteiger partial charge on any atom is 0.466 e. The van der Waals surface area contributed by atoms with E-state index in [0.29, 0.717) is 5.76 Å². The Kier molecular flexibility index (Phi) is 33.6. The van der Waals surface area contributed by atoms with Crippen LogP contribution in [0.1, 0.15) is 155 Å². The molecule has 0 aliphatic heterocycles. The Balaban J connectivity index is 0.00000373. The molecule has 1 unspecified atom stereocenters. The van der Waals surface area contributed by atoms with Crippen molar-refractivity contribution in [3.8, 4) is 0 Å². The summed E-state index contributed by atoms with van der Waals surface area (Å²) in [4.78, 5) is 41.3. The van der Waals surface area contributed by atoms with E-state index in [1.807, 2.05) is 13.0 Å². The number of hydrogen-bond donors (Lipinski definition) is 3. The van der Waals surface area contributed by atoms with Crippen LogP contribution < -0.4 is 0 Å². The Bertz CT molecular complexity index is 696. The summed E-state index contributed by atoms with van der Waals surface area (Å²) in [5.74, 6) is 0.351. The van der Waals surface area contributed by atoms with Gasteiger partial charge in [-0.15, -0.1) is 0 Å². The van der Waals surface area contributed by atoms with E-state index in [2.05, 4.69) is 47.1 Å². The monoisotopic (exact) mass is 692 g/mol. The largest absolute Gasteiger partial charge is 0.466 e. The first-order chi connectivity index (χ1) is 22.3. The molecule has 1 aliphatic rings. The van der Waals surface area contributed by atoms with E-state index in [0.717, 1.165) is 38.5 Å². The fourth-order valence-electron chi connectivity index (χ4n) is 4.84. The molecule has 46 heavy (non-hydrogen) atoms. The van der Waals surface area contributed by atoms with Crippen LogP contribution in [-0.4, -0.2) is 34.5 Å². The topological polar surface area (TPSA) is 179 Å². The minimum absolute atomic E-state index is 0.0232. The van der Waals surface area contributed by atoms with Crippen molar-refractivity contribution >= 4 is 7.82 Å². The lowest BCUT2D eigenvalue weighted by atomic mass is 9.98. The maximum absolute atomic E-state index is 8.88. The van der Waals surface area contributed by atoms with Crippen molar-refractivity contribution in [2.24, 2.45) is 5.92 Å². The first-order valence-electron chi connectivity index (χ1n) is 16.9. The average Bonchev–Trinajstić information content (AvgIpc) is 3.02. The van der Waals surface area contributed by atoms with E-state index in [1.165, 1.54) is 110 Å². The first-order valence-corrected chi connectivity index (χ1v) is 18.5. The molecule has 0 aromatic carbocycles. The lowest BCUT2D eigenvalue weighted by molar-refractivity contribution is -0.815. The van der Waals surface area contributed by atoms with Crippen LogP contribution in [0.5, 0.6) is 0 Å². The van der Waals surface area contributed by atoms with E-state index in [4.69, 9.17) is 33.9 Å². The molecule has 0 aromatic rings. The summed E-state index contributed by atoms with van der Waals surface area (Å²) in [6, 6.07) is 0. The summed E-state index contributed by atoms with van der Waals surface area (Å²) < 4.78 is 8.88. The van der Waals surface area contributed by atoms with Crippen molar-refractivity contribution in [3.05, 3.63) is 11.8 Å². The number of unbranched alkanes of at least 4 members (excludes halogenated alkanes) is 16. The van der Waals surface area contributed by atoms with Gasteiger partial charge in [-0.05, 0) is 67.0 Å². The van der Waals surface area contributed by atoms with Gasteiger partial charge in [0.1, 0.15) is 5.76 Å². The summed E-state index contributed by atoms with van der Waals surface area (Å²) in [5.41, 5.74) is 0. The molecule has 0 amide bonds. The summed E-state index contributed by atoms with van der Waals surface area (Å²) in [6.07, 6.45) is 29.5. The van der Waals surface area contributed by atoms with Gasteiger partial charge < -0.3 is 19.6 Å². The second kappa shape index (κ2) is 34.1. The van der Waals surface area contributed by atoms with Crippen molar-refractivity contribution in [3.63, 3.8) is 0 Å². The second-order valence-corrected chi connectivity index (χ2v) is 12.5. The van der Waals surface area contributed by atoms with Gasteiger partial charge in [0.05, 0.1) is 19.8 Å². The van der Waals surface area contributed by atoms with Crippen LogP contribution in [0.15, 0.2) is 11.8 Å². The van der Waals surface area contributed by atoms with E-state index >= 15 is 0 Å². The molecule has 1 rings (SSSR count). The van der Waals surface area contributed by atoms with E-state index in [1.54, 1.807) is 0 Å². The molecule has 1 saturated carbocycles. The zero-order valence-corrected chi connectivity index (χ0v) is 29.1. The molecule has 15 nitrogen and oxygen atoms in total. The van der Waals surface area contributed by atoms with Gasteiger partial charge in [0.15, 0.2) is 0 Å². The molecule has 276 valence electrons. The van der Waals surface area contributed by atoms with Gasteiger partial charge in [0.25, 0.3) is 0 Å². The Morgan fingerprint density at radius 3 is 1.65 bits per heavy atom. The van der Waals surface area contributed by atoms with Crippen molar-refractivity contribution < 1.29 is 74.1 Å². The lowest BCUT2D eigenvalue weighted by Gasteiger charge is -2.18. The maximum atomic E-state index is 8.88. The quantitative estimate of drug-likeness (QED) is 0.0206. The van der Waals surface area contributed by atoms with Gasteiger partial charge in [-0.2, -0.15) is 4.89 Å². The second-order valence-electron chi connectivity index (χ2n) is 11.5. The Morgan fingerprint density at radius 1 is 0.696 bits per heavy atom. The van der Waals surface area contributed by atoms with E-state index in [-0.39, 0.29) is 18.6 Å². The fraction of sp³-hybridized carbons (Fsp3) is 0.933. The zero-order chi connectivity index (χ0) is 34.0. The van der Waals surface area contributed by atoms with Gasteiger partial charge in [-0.3, -0.25) is 0 Å². The van der Waals surface area contributed by atoms with Gasteiger partial charge in [0.2, 0.25) is 0 Å². The van der Waals surface area contributed by atoms with E-state index in [9.17, 15) is 0 Å². The van der Waals surface area contributed by atoms with Crippen LogP contribution in [0.4, 0.5) is 0 Å². The average molecular weight is 693 g/mol. The molecular weight excluding hydrogens is 631 g/mol. The molecule has 0 radical (unpaired) electrons. The van der Waals surface area contributed by atoms with Crippen LogP contribution in [0, 0.1) is 5.92 Å². The summed E-state index contributed by atoms with van der Waals surface area (Å²) in [5, 5.41) is 30.2. The molecule has 0 saturated heterocycles. The number of allylic oxidation sites excluding steroid dienone is 1. The minimum Gasteiger partial charge on any atom is -0.313 e. The van der Waals surface area contributed by atoms with Crippen molar-refractivity contribution in [2.45, 2.75) is 161 Å². The molecule has 0 spiro atoms. The molecule has 1 atom stereocenters. The summed E-state index contributed by atoms with van der Waals surface area (Å²) in [6.45, 7) is 4.24. The third-order valence-corrected chi connectivity index (χ3v) is 7.32. The highest BCUT2D eigenvalue weighted by Crippen LogP contribution is 2.26. The Morgan fingerprint density at radius 2 is 1.15 bits per heavy atom. The molecule has 0 aromatic heterocycles. The van der Waals surface area contributed by atoms with Crippen molar-refractivity contribution in [2.75, 3.05) is 13.7 Å². The number of rotatable bonds is 31. The predicted molar refractivity (Wildman–Crippen MR) is 165 cm³/mol. The van der Waals surface area contributed by atoms with Crippen LogP contribution in [0.2, 0.25) is 0 Å². The molecule has 0 heterocycles. The molecule has 1 fully saturated rings. The zero-order valence-electron chi connectivity index (χ0n) is 28.2. The standard InChI is InChI=1S/C30H58O11.H3O4P/c1-4-5-6-7-8-9-10-11-12-13-14-15-16-17-18-19-23-26-30(34-35-31-3)28(2)27-32-36-38-40-41-39-37-33-29-24-21-20-22-25-29;1-5(2,3)4/h26,28-29H,4-25,27H2,1-3H3;(H3,1,2,3,4). The van der Waals surface area contributed by atoms with Crippen molar-refractivity contribution in [1.29, 1.82) is 0 Å². The fourth-order valence-corrected chi connectivity index (χ4v) is 4.84. The summed E-state index contributed by atoms with van der Waals surface area (Å²) in [7, 11) is -3.27. The SMILES string of the molecule is CCCCCCCCCCCCCCCCCCC=C(OOOC)C(C)COOOOOOOOC1CCCCC1.O=P(O)(O)O. The van der Waals surface area contributed by atoms with Gasteiger partial charge in [0, 0.05) is 5.92 Å². The highest BCUT2D eigenvalue weighted by Gasteiger charge is 2.16. The Labute approximate surface area is 274 Å². The summed E-state index contributed by atoms with van der Waals surface area (Å²) >= 11 is 0. The highest BCUT2D eigenvalue weighted by molar-refractivity contribution is 7.45. The minimum atomic E-state index is -4.64. The van der Waals surface area contributed by atoms with Crippen LogP contribution in [0.25, 0.3) is 0 Å². The molecular formula is C30H61O15P. The molecule has 1 aliphatic carbocycles. The van der Waals surface area contributed by atoms with Crippen LogP contribution >= 0.6 is 7.82 Å². The third kappa shape index (κ3) is 36.1. The molecule has 16 heteroatoms. The normalized spacial score (nSPS) is 15.0. The third-order valence-electron chi connectivity index (χ3n) is 7.32. The van der Waals surface area contributed by atoms with E-state index < -0.39 is 7.82 Å². The first kappa shape index (κ1) is 45.2. The number of hydrogen-bond acceptors (Lipinski definition) is 12. The van der Waals surface area contributed by atoms with Gasteiger partial charge in [-0.1, -0.05) is 129 Å². The molecule has 3 N–H and O–H groups in total. The smallest absolute Gasteiger partial charge is 0.313 e. The van der Waals surface area contributed by atoms with Gasteiger partial charge in [-0.25, -0.2) is 14.3 Å². The van der Waals surface area contributed by atoms with Crippen molar-refractivity contribution in [1.82, 2.24) is 0 Å². The lowest BCUT2D eigenvalue weighted by Crippen LogP contribution is -2.17. The van der Waals surface area contributed by atoms with Gasteiger partial charge >= 0.3 is 7.82 Å².